The number of fused-ring (bicyclic) bond motifs is 1. The number of aromatic nitrogens is 1. The molecule has 8 heteroatoms. The predicted molar refractivity (Wildman–Crippen MR) is 136 cm³/mol. The van der Waals surface area contributed by atoms with Gasteiger partial charge in [0.2, 0.25) is 0 Å². The number of thiocarbonyl (C=S) groups is 1. The number of hydrogen-bond donors (Lipinski definition) is 0. The van der Waals surface area contributed by atoms with E-state index in [1.54, 1.807) is 22.7 Å². The molecule has 0 N–H and O–H groups in total. The number of carbonyl (C=O) groups is 1. The average Bonchev–Trinajstić information content (AvgIpc) is 2.96. The van der Waals surface area contributed by atoms with Crippen LogP contribution in [-0.2, 0) is 16.1 Å². The predicted octanol–water partition coefficient (Wildman–Crippen LogP) is 4.25. The Kier molecular flexibility index (Phi) is 7.33. The van der Waals surface area contributed by atoms with Crippen LogP contribution < -0.4 is 10.5 Å². The number of aryl methyl sites for hydroxylation is 1. The molecule has 4 rings (SSSR count). The summed E-state index contributed by atoms with van der Waals surface area (Å²) in [4.78, 5) is 31.2. The summed E-state index contributed by atoms with van der Waals surface area (Å²) >= 11 is 6.70. The number of methoxy groups -OCH3 is 1. The molecule has 32 heavy (non-hydrogen) atoms. The van der Waals surface area contributed by atoms with E-state index < -0.39 is 0 Å². The highest BCUT2D eigenvalue weighted by molar-refractivity contribution is 8.26. The van der Waals surface area contributed by atoms with E-state index in [1.807, 2.05) is 25.1 Å². The van der Waals surface area contributed by atoms with E-state index >= 15 is 0 Å². The van der Waals surface area contributed by atoms with Crippen molar-refractivity contribution < 1.29 is 9.53 Å². The van der Waals surface area contributed by atoms with Gasteiger partial charge in [-0.3, -0.25) is 14.5 Å². The summed E-state index contributed by atoms with van der Waals surface area (Å²) in [5.74, 6) is -0.158. The molecule has 0 bridgehead atoms. The highest BCUT2D eigenvalue weighted by Gasteiger charge is 2.33. The van der Waals surface area contributed by atoms with Gasteiger partial charge in [0.25, 0.3) is 11.5 Å². The van der Waals surface area contributed by atoms with Crippen molar-refractivity contribution in [2.75, 3.05) is 38.3 Å². The fourth-order valence-electron chi connectivity index (χ4n) is 4.50. The van der Waals surface area contributed by atoms with Gasteiger partial charge in [-0.2, -0.15) is 0 Å². The van der Waals surface area contributed by atoms with Crippen molar-refractivity contribution in [2.24, 2.45) is 0 Å². The topological polar surface area (TPSA) is 54.8 Å². The van der Waals surface area contributed by atoms with Crippen LogP contribution in [0.2, 0.25) is 0 Å². The minimum absolute atomic E-state index is 0.0624. The molecule has 1 aromatic carbocycles. The van der Waals surface area contributed by atoms with Crippen molar-refractivity contribution in [3.05, 3.63) is 45.1 Å². The molecule has 0 aliphatic carbocycles. The summed E-state index contributed by atoms with van der Waals surface area (Å²) in [6.07, 6.45) is 6.38. The van der Waals surface area contributed by atoms with Gasteiger partial charge in [0.1, 0.15) is 4.32 Å². The standard InChI is InChI=1S/C24H29N3O3S2/c1-3-26-19-11-7-6-10-17(19)21(25-12-8-4-5-9-13-25)18(22(26)28)16-20-23(29)27(14-15-30-2)24(31)32-20/h6-7,10-11,16H,3-5,8-9,12-15H2,1-2H3. The summed E-state index contributed by atoms with van der Waals surface area (Å²) in [6, 6.07) is 8.08. The summed E-state index contributed by atoms with van der Waals surface area (Å²) in [5.41, 5.74) is 2.40. The SMILES string of the molecule is CCn1c(=O)c(C=C2SC(=S)N(CCOC)C2=O)c(N2CCCCCC2)c2ccccc21. The van der Waals surface area contributed by atoms with Gasteiger partial charge in [-0.15, -0.1) is 0 Å². The third kappa shape index (κ3) is 4.36. The number of para-hydroxylation sites is 1. The number of carbonyl (C=O) groups excluding carboxylic acids is 1. The van der Waals surface area contributed by atoms with Crippen LogP contribution >= 0.6 is 24.0 Å². The zero-order chi connectivity index (χ0) is 22.7. The zero-order valence-electron chi connectivity index (χ0n) is 18.6. The second-order valence-corrected chi connectivity index (χ2v) is 9.73. The quantitative estimate of drug-likeness (QED) is 0.464. The summed E-state index contributed by atoms with van der Waals surface area (Å²) < 4.78 is 7.43. The molecule has 2 fully saturated rings. The highest BCUT2D eigenvalue weighted by atomic mass is 32.2. The molecular weight excluding hydrogens is 442 g/mol. The van der Waals surface area contributed by atoms with Gasteiger partial charge in [0.15, 0.2) is 0 Å². The molecule has 1 amide bonds. The number of rotatable bonds is 6. The first kappa shape index (κ1) is 23.0. The average molecular weight is 472 g/mol. The molecule has 2 aromatic rings. The summed E-state index contributed by atoms with van der Waals surface area (Å²) in [7, 11) is 1.60. The van der Waals surface area contributed by atoms with E-state index in [9.17, 15) is 9.59 Å². The van der Waals surface area contributed by atoms with Crippen molar-refractivity contribution in [3.63, 3.8) is 0 Å². The lowest BCUT2D eigenvalue weighted by atomic mass is 10.1. The van der Waals surface area contributed by atoms with Crippen molar-refractivity contribution in [2.45, 2.75) is 39.2 Å². The second kappa shape index (κ2) is 10.2. The molecule has 0 saturated carbocycles. The summed E-state index contributed by atoms with van der Waals surface area (Å²) in [5, 5.41) is 1.05. The highest BCUT2D eigenvalue weighted by Crippen LogP contribution is 2.36. The fourth-order valence-corrected chi connectivity index (χ4v) is 5.79. The lowest BCUT2D eigenvalue weighted by Crippen LogP contribution is -2.32. The first-order valence-corrected chi connectivity index (χ1v) is 12.4. The zero-order valence-corrected chi connectivity index (χ0v) is 20.3. The number of pyridine rings is 1. The van der Waals surface area contributed by atoms with Crippen LogP contribution in [0.25, 0.3) is 17.0 Å². The van der Waals surface area contributed by atoms with Crippen molar-refractivity contribution in [1.82, 2.24) is 9.47 Å². The monoisotopic (exact) mass is 471 g/mol. The Morgan fingerprint density at radius 1 is 1.12 bits per heavy atom. The lowest BCUT2D eigenvalue weighted by molar-refractivity contribution is -0.122. The molecule has 2 aliphatic heterocycles. The number of amides is 1. The van der Waals surface area contributed by atoms with Crippen molar-refractivity contribution >= 4 is 56.9 Å². The van der Waals surface area contributed by atoms with Crippen LogP contribution in [0, 0.1) is 0 Å². The maximum absolute atomic E-state index is 13.7. The Labute approximate surface area is 198 Å². The Hall–Kier alpha value is -2.16. The first-order chi connectivity index (χ1) is 15.6. The van der Waals surface area contributed by atoms with Gasteiger partial charge in [-0.05, 0) is 31.9 Å². The molecule has 0 spiro atoms. The molecule has 2 saturated heterocycles. The van der Waals surface area contributed by atoms with Gasteiger partial charge in [0.05, 0.1) is 34.8 Å². The number of ether oxygens (including phenoxy) is 1. The molecule has 0 radical (unpaired) electrons. The third-order valence-electron chi connectivity index (χ3n) is 6.09. The fraction of sp³-hybridized carbons (Fsp3) is 0.458. The lowest BCUT2D eigenvalue weighted by Gasteiger charge is -2.27. The molecular formula is C24H29N3O3S2. The molecule has 2 aliphatic rings. The van der Waals surface area contributed by atoms with E-state index in [2.05, 4.69) is 11.0 Å². The van der Waals surface area contributed by atoms with Crippen LogP contribution in [0.1, 0.15) is 38.2 Å². The van der Waals surface area contributed by atoms with Crippen molar-refractivity contribution in [3.8, 4) is 0 Å². The van der Waals surface area contributed by atoms with Gasteiger partial charge in [-0.1, -0.05) is 55.0 Å². The van der Waals surface area contributed by atoms with Crippen LogP contribution in [0.5, 0.6) is 0 Å². The van der Waals surface area contributed by atoms with E-state index in [0.29, 0.717) is 34.5 Å². The Balaban J connectivity index is 1.90. The molecule has 6 nitrogen and oxygen atoms in total. The molecule has 170 valence electrons. The normalized spacial score (nSPS) is 18.8. The van der Waals surface area contributed by atoms with Crippen LogP contribution in [0.15, 0.2) is 34.0 Å². The number of hydrogen-bond acceptors (Lipinski definition) is 6. The van der Waals surface area contributed by atoms with Gasteiger partial charge >= 0.3 is 0 Å². The maximum atomic E-state index is 13.7. The molecule has 0 unspecified atom stereocenters. The van der Waals surface area contributed by atoms with Crippen LogP contribution in [-0.4, -0.2) is 53.0 Å². The first-order valence-electron chi connectivity index (χ1n) is 11.2. The second-order valence-electron chi connectivity index (χ2n) is 8.06. The number of anilines is 1. The largest absolute Gasteiger partial charge is 0.383 e. The number of nitrogens with zero attached hydrogens (tertiary/aromatic N) is 3. The van der Waals surface area contributed by atoms with Crippen LogP contribution in [0.4, 0.5) is 5.69 Å². The van der Waals surface area contributed by atoms with E-state index in [0.717, 1.165) is 42.5 Å². The Bertz CT molecular complexity index is 1120. The minimum Gasteiger partial charge on any atom is -0.383 e. The smallest absolute Gasteiger partial charge is 0.266 e. The van der Waals surface area contributed by atoms with Crippen LogP contribution in [0.3, 0.4) is 0 Å². The number of thioether (sulfide) groups is 1. The maximum Gasteiger partial charge on any atom is 0.266 e. The van der Waals surface area contributed by atoms with Gasteiger partial charge in [-0.25, -0.2) is 0 Å². The Morgan fingerprint density at radius 3 is 2.53 bits per heavy atom. The molecule has 1 aromatic heterocycles. The molecule has 0 atom stereocenters. The van der Waals surface area contributed by atoms with Gasteiger partial charge < -0.3 is 14.2 Å². The third-order valence-corrected chi connectivity index (χ3v) is 7.46. The minimum atomic E-state index is -0.158. The van der Waals surface area contributed by atoms with E-state index in [4.69, 9.17) is 17.0 Å². The van der Waals surface area contributed by atoms with Gasteiger partial charge in [0, 0.05) is 32.1 Å². The van der Waals surface area contributed by atoms with E-state index in [-0.39, 0.29) is 11.5 Å². The number of benzene rings is 1. The van der Waals surface area contributed by atoms with E-state index in [1.165, 1.54) is 24.6 Å². The van der Waals surface area contributed by atoms with Crippen molar-refractivity contribution in [1.29, 1.82) is 0 Å². The molecule has 3 heterocycles. The summed E-state index contributed by atoms with van der Waals surface area (Å²) in [6.45, 7) is 5.19. The Morgan fingerprint density at radius 2 is 1.84 bits per heavy atom.